The van der Waals surface area contributed by atoms with Gasteiger partial charge in [-0.25, -0.2) is 9.97 Å². The van der Waals surface area contributed by atoms with E-state index in [1.807, 2.05) is 0 Å². The molecular weight excluding hydrogens is 238 g/mol. The topological polar surface area (TPSA) is 53.1 Å². The first-order valence-electron chi connectivity index (χ1n) is 7.24. The smallest absolute Gasteiger partial charge is 0.134 e. The predicted octanol–water partition coefficient (Wildman–Crippen LogP) is 2.36. The van der Waals surface area contributed by atoms with Crippen LogP contribution in [0, 0.1) is 6.92 Å². The number of nitrogens with zero attached hydrogens (tertiary/aromatic N) is 3. The van der Waals surface area contributed by atoms with Gasteiger partial charge in [-0.2, -0.15) is 0 Å². The fourth-order valence-corrected chi connectivity index (χ4v) is 1.92. The lowest BCUT2D eigenvalue weighted by Crippen LogP contribution is -2.29. The molecule has 5 nitrogen and oxygen atoms in total. The molecule has 19 heavy (non-hydrogen) atoms. The van der Waals surface area contributed by atoms with Crippen molar-refractivity contribution in [2.75, 3.05) is 43.4 Å². The molecular formula is C14H27N5. The second kappa shape index (κ2) is 8.69. The zero-order valence-electron chi connectivity index (χ0n) is 12.7. The van der Waals surface area contributed by atoms with Crippen molar-refractivity contribution in [3.8, 4) is 0 Å². The SMILES string of the molecule is CCCNc1ncnc(NCCN(CC)CC)c1C. The van der Waals surface area contributed by atoms with Crippen LogP contribution in [0.3, 0.4) is 0 Å². The van der Waals surface area contributed by atoms with E-state index in [1.54, 1.807) is 6.33 Å². The van der Waals surface area contributed by atoms with Crippen LogP contribution in [0.15, 0.2) is 6.33 Å². The molecule has 0 saturated carbocycles. The van der Waals surface area contributed by atoms with Crippen molar-refractivity contribution in [2.45, 2.75) is 34.1 Å². The first-order valence-corrected chi connectivity index (χ1v) is 7.24. The molecule has 0 fully saturated rings. The fraction of sp³-hybridized carbons (Fsp3) is 0.714. The van der Waals surface area contributed by atoms with E-state index >= 15 is 0 Å². The molecule has 0 aromatic carbocycles. The van der Waals surface area contributed by atoms with Crippen LogP contribution in [0.5, 0.6) is 0 Å². The first-order chi connectivity index (χ1) is 9.22. The maximum Gasteiger partial charge on any atom is 0.134 e. The molecule has 0 saturated heterocycles. The Kier molecular flexibility index (Phi) is 7.18. The molecule has 0 amide bonds. The Morgan fingerprint density at radius 2 is 1.58 bits per heavy atom. The molecule has 5 heteroatoms. The van der Waals surface area contributed by atoms with Crippen LogP contribution in [-0.2, 0) is 0 Å². The summed E-state index contributed by atoms with van der Waals surface area (Å²) in [4.78, 5) is 11.0. The highest BCUT2D eigenvalue weighted by Gasteiger charge is 2.06. The summed E-state index contributed by atoms with van der Waals surface area (Å²) in [6, 6.07) is 0. The van der Waals surface area contributed by atoms with E-state index in [1.165, 1.54) is 0 Å². The number of hydrogen-bond acceptors (Lipinski definition) is 5. The van der Waals surface area contributed by atoms with Crippen molar-refractivity contribution in [1.29, 1.82) is 0 Å². The number of rotatable bonds is 9. The third-order valence-corrected chi connectivity index (χ3v) is 3.24. The van der Waals surface area contributed by atoms with E-state index in [0.717, 1.165) is 56.3 Å². The molecule has 0 atom stereocenters. The minimum absolute atomic E-state index is 0.909. The lowest BCUT2D eigenvalue weighted by Gasteiger charge is -2.19. The Morgan fingerprint density at radius 1 is 1.00 bits per heavy atom. The molecule has 1 aromatic rings. The van der Waals surface area contributed by atoms with Gasteiger partial charge in [-0.15, -0.1) is 0 Å². The molecule has 1 heterocycles. The summed E-state index contributed by atoms with van der Waals surface area (Å²) in [6.07, 6.45) is 2.71. The molecule has 0 aliphatic carbocycles. The lowest BCUT2D eigenvalue weighted by atomic mass is 10.3. The highest BCUT2D eigenvalue weighted by Crippen LogP contribution is 2.17. The van der Waals surface area contributed by atoms with Gasteiger partial charge in [-0.3, -0.25) is 0 Å². The molecule has 1 rings (SSSR count). The van der Waals surface area contributed by atoms with Crippen LogP contribution in [-0.4, -0.2) is 47.6 Å². The normalized spacial score (nSPS) is 10.8. The number of aromatic nitrogens is 2. The quantitative estimate of drug-likeness (QED) is 0.718. The van der Waals surface area contributed by atoms with Gasteiger partial charge in [0.1, 0.15) is 18.0 Å². The average molecular weight is 265 g/mol. The molecule has 0 spiro atoms. The van der Waals surface area contributed by atoms with Crippen molar-refractivity contribution in [3.63, 3.8) is 0 Å². The summed E-state index contributed by atoms with van der Waals surface area (Å²) in [6.45, 7) is 13.6. The van der Waals surface area contributed by atoms with Gasteiger partial charge in [0.05, 0.1) is 0 Å². The second-order valence-corrected chi connectivity index (χ2v) is 4.58. The molecule has 0 aliphatic rings. The molecule has 2 N–H and O–H groups in total. The second-order valence-electron chi connectivity index (χ2n) is 4.58. The highest BCUT2D eigenvalue weighted by molar-refractivity contribution is 5.56. The average Bonchev–Trinajstić information content (AvgIpc) is 2.44. The van der Waals surface area contributed by atoms with Gasteiger partial charge in [-0.05, 0) is 26.4 Å². The largest absolute Gasteiger partial charge is 0.370 e. The van der Waals surface area contributed by atoms with Crippen molar-refractivity contribution < 1.29 is 0 Å². The third kappa shape index (κ3) is 5.03. The van der Waals surface area contributed by atoms with Crippen molar-refractivity contribution in [1.82, 2.24) is 14.9 Å². The van der Waals surface area contributed by atoms with E-state index < -0.39 is 0 Å². The Morgan fingerprint density at radius 3 is 2.11 bits per heavy atom. The van der Waals surface area contributed by atoms with E-state index in [4.69, 9.17) is 0 Å². The highest BCUT2D eigenvalue weighted by atomic mass is 15.1. The minimum atomic E-state index is 0.909. The maximum atomic E-state index is 4.31. The van der Waals surface area contributed by atoms with Crippen LogP contribution in [0.1, 0.15) is 32.8 Å². The number of anilines is 2. The maximum absolute atomic E-state index is 4.31. The van der Waals surface area contributed by atoms with Gasteiger partial charge in [0.15, 0.2) is 0 Å². The third-order valence-electron chi connectivity index (χ3n) is 3.24. The molecule has 0 aliphatic heterocycles. The summed E-state index contributed by atoms with van der Waals surface area (Å²) >= 11 is 0. The minimum Gasteiger partial charge on any atom is -0.370 e. The molecule has 0 radical (unpaired) electrons. The van der Waals surface area contributed by atoms with Crippen LogP contribution in [0.25, 0.3) is 0 Å². The zero-order chi connectivity index (χ0) is 14.1. The zero-order valence-corrected chi connectivity index (χ0v) is 12.7. The van der Waals surface area contributed by atoms with Gasteiger partial charge >= 0.3 is 0 Å². The van der Waals surface area contributed by atoms with Gasteiger partial charge < -0.3 is 15.5 Å². The van der Waals surface area contributed by atoms with E-state index in [0.29, 0.717) is 0 Å². The molecule has 108 valence electrons. The van der Waals surface area contributed by atoms with Gasteiger partial charge in [0.25, 0.3) is 0 Å². The standard InChI is InChI=1S/C14H27N5/c1-5-8-15-13-12(4)14(18-11-17-13)16-9-10-19(6-2)7-3/h11H,5-10H2,1-4H3,(H2,15,16,17,18). The monoisotopic (exact) mass is 265 g/mol. The Labute approximate surface area is 116 Å². The van der Waals surface area contributed by atoms with Crippen LogP contribution in [0.2, 0.25) is 0 Å². The van der Waals surface area contributed by atoms with Crippen molar-refractivity contribution >= 4 is 11.6 Å². The van der Waals surface area contributed by atoms with Crippen LogP contribution in [0.4, 0.5) is 11.6 Å². The summed E-state index contributed by atoms with van der Waals surface area (Å²) < 4.78 is 0. The summed E-state index contributed by atoms with van der Waals surface area (Å²) in [5.74, 6) is 1.86. The summed E-state index contributed by atoms with van der Waals surface area (Å²) in [7, 11) is 0. The lowest BCUT2D eigenvalue weighted by molar-refractivity contribution is 0.316. The Hall–Kier alpha value is -1.36. The number of nitrogens with one attached hydrogen (secondary N) is 2. The van der Waals surface area contributed by atoms with Crippen LogP contribution < -0.4 is 10.6 Å². The molecule has 0 unspecified atom stereocenters. The first kappa shape index (κ1) is 15.7. The van der Waals surface area contributed by atoms with Crippen molar-refractivity contribution in [3.05, 3.63) is 11.9 Å². The van der Waals surface area contributed by atoms with E-state index in [9.17, 15) is 0 Å². The van der Waals surface area contributed by atoms with Gasteiger partial charge in [-0.1, -0.05) is 20.8 Å². The van der Waals surface area contributed by atoms with Crippen LogP contribution >= 0.6 is 0 Å². The number of likely N-dealkylation sites (N-methyl/N-ethyl adjacent to an activating group) is 1. The predicted molar refractivity (Wildman–Crippen MR) is 81.8 cm³/mol. The molecule has 0 bridgehead atoms. The van der Waals surface area contributed by atoms with E-state index in [2.05, 4.69) is 53.2 Å². The Balaban J connectivity index is 2.53. The Bertz CT molecular complexity index is 363. The summed E-state index contributed by atoms with van der Waals surface area (Å²) in [5.41, 5.74) is 1.09. The van der Waals surface area contributed by atoms with Crippen molar-refractivity contribution in [2.24, 2.45) is 0 Å². The number of hydrogen-bond donors (Lipinski definition) is 2. The van der Waals surface area contributed by atoms with Gasteiger partial charge in [0.2, 0.25) is 0 Å². The molecule has 1 aromatic heterocycles. The fourth-order valence-electron chi connectivity index (χ4n) is 1.92. The van der Waals surface area contributed by atoms with Gasteiger partial charge in [0, 0.05) is 25.2 Å². The van der Waals surface area contributed by atoms with E-state index in [-0.39, 0.29) is 0 Å². The summed E-state index contributed by atoms with van der Waals surface area (Å²) in [5, 5.41) is 6.72.